The van der Waals surface area contributed by atoms with Crippen molar-refractivity contribution in [2.45, 2.75) is 19.1 Å². The lowest BCUT2D eigenvalue weighted by Gasteiger charge is -2.17. The van der Waals surface area contributed by atoms with Gasteiger partial charge in [0.05, 0.1) is 11.6 Å². The summed E-state index contributed by atoms with van der Waals surface area (Å²) in [6, 6.07) is 4.19. The summed E-state index contributed by atoms with van der Waals surface area (Å²) in [7, 11) is 0. The van der Waals surface area contributed by atoms with E-state index in [-0.39, 0.29) is 11.4 Å². The van der Waals surface area contributed by atoms with Crippen LogP contribution in [0.2, 0.25) is 0 Å². The molecule has 1 unspecified atom stereocenters. The summed E-state index contributed by atoms with van der Waals surface area (Å²) in [5.41, 5.74) is 5.87. The fourth-order valence-electron chi connectivity index (χ4n) is 1.73. The van der Waals surface area contributed by atoms with E-state index in [0.29, 0.717) is 0 Å². The Labute approximate surface area is 108 Å². The molecular weight excluding hydrogens is 255 g/mol. The molecule has 2 rings (SSSR count). The van der Waals surface area contributed by atoms with Gasteiger partial charge >= 0.3 is 6.18 Å². The molecule has 0 radical (unpaired) electrons. The molecule has 1 atom stereocenters. The molecule has 1 aromatic heterocycles. The fourth-order valence-corrected chi connectivity index (χ4v) is 1.73. The van der Waals surface area contributed by atoms with E-state index in [1.54, 1.807) is 6.92 Å². The van der Waals surface area contributed by atoms with Gasteiger partial charge in [0, 0.05) is 12.4 Å². The van der Waals surface area contributed by atoms with Crippen LogP contribution < -0.4 is 5.73 Å². The number of halogens is 3. The molecule has 1 aromatic carbocycles. The Morgan fingerprint density at radius 3 is 2.26 bits per heavy atom. The Morgan fingerprint density at radius 1 is 1.11 bits per heavy atom. The van der Waals surface area contributed by atoms with Crippen LogP contribution in [0.15, 0.2) is 36.7 Å². The van der Waals surface area contributed by atoms with Crippen LogP contribution in [0.4, 0.5) is 13.2 Å². The first-order valence-electron chi connectivity index (χ1n) is 5.60. The highest BCUT2D eigenvalue weighted by Gasteiger charge is 2.34. The van der Waals surface area contributed by atoms with E-state index < -0.39 is 17.8 Å². The van der Waals surface area contributed by atoms with Gasteiger partial charge in [-0.15, -0.1) is 0 Å². The maximum atomic E-state index is 12.9. The molecule has 0 bridgehead atoms. The van der Waals surface area contributed by atoms with E-state index in [0.717, 1.165) is 11.6 Å². The van der Waals surface area contributed by atoms with Crippen LogP contribution >= 0.6 is 0 Å². The lowest BCUT2D eigenvalue weighted by Crippen LogP contribution is -2.20. The summed E-state index contributed by atoms with van der Waals surface area (Å²) < 4.78 is 38.7. The van der Waals surface area contributed by atoms with Crippen molar-refractivity contribution in [1.82, 2.24) is 9.97 Å². The number of benzene rings is 1. The minimum Gasteiger partial charge on any atom is -0.318 e. The van der Waals surface area contributed by atoms with Gasteiger partial charge in [0.1, 0.15) is 5.82 Å². The number of aryl methyl sites for hydroxylation is 1. The van der Waals surface area contributed by atoms with Crippen molar-refractivity contribution in [3.63, 3.8) is 0 Å². The Hall–Kier alpha value is -1.95. The zero-order valence-electron chi connectivity index (χ0n) is 10.1. The third-order valence-electron chi connectivity index (χ3n) is 2.68. The summed E-state index contributed by atoms with van der Waals surface area (Å²) in [6.07, 6.45) is -1.39. The predicted octanol–water partition coefficient (Wildman–Crippen LogP) is 2.85. The first-order chi connectivity index (χ1) is 8.89. The van der Waals surface area contributed by atoms with Crippen molar-refractivity contribution in [2.24, 2.45) is 5.73 Å². The minimum atomic E-state index is -4.45. The van der Waals surface area contributed by atoms with Gasteiger partial charge in [-0.1, -0.05) is 18.2 Å². The predicted molar refractivity (Wildman–Crippen MR) is 64.2 cm³/mol. The van der Waals surface area contributed by atoms with Crippen LogP contribution in [0.3, 0.4) is 0 Å². The van der Waals surface area contributed by atoms with Gasteiger partial charge in [0.2, 0.25) is 0 Å². The van der Waals surface area contributed by atoms with E-state index in [4.69, 9.17) is 5.73 Å². The van der Waals surface area contributed by atoms with Crippen molar-refractivity contribution in [1.29, 1.82) is 0 Å². The monoisotopic (exact) mass is 267 g/mol. The molecule has 1 heterocycles. The normalized spacial score (nSPS) is 13.3. The van der Waals surface area contributed by atoms with Crippen LogP contribution in [0.1, 0.15) is 28.6 Å². The molecule has 0 saturated heterocycles. The Morgan fingerprint density at radius 2 is 1.68 bits per heavy atom. The van der Waals surface area contributed by atoms with E-state index in [1.807, 2.05) is 0 Å². The van der Waals surface area contributed by atoms with Gasteiger partial charge in [0.15, 0.2) is 0 Å². The lowest BCUT2D eigenvalue weighted by atomic mass is 10.00. The smallest absolute Gasteiger partial charge is 0.318 e. The molecule has 19 heavy (non-hydrogen) atoms. The van der Waals surface area contributed by atoms with Gasteiger partial charge in [-0.05, 0) is 24.1 Å². The zero-order valence-corrected chi connectivity index (χ0v) is 10.1. The van der Waals surface area contributed by atoms with Crippen molar-refractivity contribution in [3.8, 4) is 0 Å². The Bertz CT molecular complexity index is 564. The highest BCUT2D eigenvalue weighted by atomic mass is 19.4. The molecule has 3 nitrogen and oxygen atoms in total. The van der Waals surface area contributed by atoms with Gasteiger partial charge in [-0.3, -0.25) is 0 Å². The number of aromatic nitrogens is 2. The van der Waals surface area contributed by atoms with Crippen LogP contribution in [0.25, 0.3) is 0 Å². The largest absolute Gasteiger partial charge is 0.416 e. The molecule has 2 aromatic rings. The molecule has 0 saturated carbocycles. The maximum Gasteiger partial charge on any atom is 0.416 e. The van der Waals surface area contributed by atoms with Gasteiger partial charge < -0.3 is 5.73 Å². The topological polar surface area (TPSA) is 51.8 Å². The van der Waals surface area contributed by atoms with E-state index in [1.165, 1.54) is 30.6 Å². The van der Waals surface area contributed by atoms with Gasteiger partial charge in [-0.25, -0.2) is 9.97 Å². The summed E-state index contributed by atoms with van der Waals surface area (Å²) in [5, 5.41) is 0. The fraction of sp³-hybridized carbons (Fsp3) is 0.231. The molecule has 100 valence electrons. The highest BCUT2D eigenvalue weighted by molar-refractivity contribution is 5.35. The van der Waals surface area contributed by atoms with Crippen LogP contribution in [0, 0.1) is 6.92 Å². The van der Waals surface area contributed by atoms with Crippen molar-refractivity contribution in [2.75, 3.05) is 0 Å². The van der Waals surface area contributed by atoms with Crippen LogP contribution in [-0.2, 0) is 6.18 Å². The first kappa shape index (κ1) is 13.5. The molecule has 0 aliphatic heterocycles. The number of nitrogens with two attached hydrogens (primary N) is 1. The SMILES string of the molecule is Cc1cnc(C(N)c2ccccc2C(F)(F)F)nc1. The Balaban J connectivity index is 2.44. The van der Waals surface area contributed by atoms with Crippen molar-refractivity contribution < 1.29 is 13.2 Å². The van der Waals surface area contributed by atoms with Gasteiger partial charge in [0.25, 0.3) is 0 Å². The summed E-state index contributed by atoms with van der Waals surface area (Å²) >= 11 is 0. The number of hydrogen-bond acceptors (Lipinski definition) is 3. The number of rotatable bonds is 2. The first-order valence-corrected chi connectivity index (χ1v) is 5.60. The summed E-state index contributed by atoms with van der Waals surface area (Å²) in [6.45, 7) is 1.79. The molecule has 0 aliphatic carbocycles. The summed E-state index contributed by atoms with van der Waals surface area (Å²) in [5.74, 6) is 0.169. The number of nitrogens with zero attached hydrogens (tertiary/aromatic N) is 2. The molecule has 0 amide bonds. The summed E-state index contributed by atoms with van der Waals surface area (Å²) in [4.78, 5) is 7.95. The average Bonchev–Trinajstić information content (AvgIpc) is 2.38. The second-order valence-electron chi connectivity index (χ2n) is 4.18. The standard InChI is InChI=1S/C13H12F3N3/c1-8-6-18-12(19-7-8)11(17)9-4-2-3-5-10(9)13(14,15)16/h2-7,11H,17H2,1H3. The quantitative estimate of drug-likeness (QED) is 0.910. The molecule has 0 aliphatic rings. The van der Waals surface area contributed by atoms with E-state index in [9.17, 15) is 13.2 Å². The van der Waals surface area contributed by atoms with Crippen LogP contribution in [0.5, 0.6) is 0 Å². The Kier molecular flexibility index (Phi) is 3.53. The molecule has 6 heteroatoms. The van der Waals surface area contributed by atoms with Crippen LogP contribution in [-0.4, -0.2) is 9.97 Å². The minimum absolute atomic E-state index is 0.0288. The molecule has 0 spiro atoms. The van der Waals surface area contributed by atoms with E-state index in [2.05, 4.69) is 9.97 Å². The average molecular weight is 267 g/mol. The second kappa shape index (κ2) is 4.97. The van der Waals surface area contributed by atoms with Crippen molar-refractivity contribution >= 4 is 0 Å². The molecule has 2 N–H and O–H groups in total. The van der Waals surface area contributed by atoms with Gasteiger partial charge in [-0.2, -0.15) is 13.2 Å². The number of alkyl halides is 3. The van der Waals surface area contributed by atoms with Crippen molar-refractivity contribution in [3.05, 3.63) is 59.2 Å². The van der Waals surface area contributed by atoms with E-state index >= 15 is 0 Å². The molecular formula is C13H12F3N3. The third kappa shape index (κ3) is 2.90. The lowest BCUT2D eigenvalue weighted by molar-refractivity contribution is -0.138. The molecule has 0 fully saturated rings. The highest BCUT2D eigenvalue weighted by Crippen LogP contribution is 2.34. The maximum absolute atomic E-state index is 12.9. The zero-order chi connectivity index (χ0) is 14.0. The number of hydrogen-bond donors (Lipinski definition) is 1. The third-order valence-corrected chi connectivity index (χ3v) is 2.68. The second-order valence-corrected chi connectivity index (χ2v) is 4.18.